The van der Waals surface area contributed by atoms with Crippen LogP contribution in [0.4, 0.5) is 0 Å². The van der Waals surface area contributed by atoms with Gasteiger partial charge in [-0.25, -0.2) is 0 Å². The molecule has 0 saturated heterocycles. The molecule has 174 valence electrons. The van der Waals surface area contributed by atoms with Gasteiger partial charge >= 0.3 is 0 Å². The predicted octanol–water partition coefficient (Wildman–Crippen LogP) is 1.57. The van der Waals surface area contributed by atoms with Crippen molar-refractivity contribution in [1.82, 2.24) is 20.1 Å². The fourth-order valence-corrected chi connectivity index (χ4v) is 3.67. The van der Waals surface area contributed by atoms with Crippen LogP contribution in [0, 0.1) is 5.92 Å². The van der Waals surface area contributed by atoms with Gasteiger partial charge in [-0.2, -0.15) is 0 Å². The third kappa shape index (κ3) is 5.21. The van der Waals surface area contributed by atoms with Crippen LogP contribution in [0.2, 0.25) is 0 Å². The number of pyridine rings is 1. The number of carbonyl (C=O) groups excluding carboxylic acids is 2. The number of rotatable bonds is 9. The Morgan fingerprint density at radius 1 is 1.19 bits per heavy atom. The highest BCUT2D eigenvalue weighted by Gasteiger charge is 2.25. The number of fused-ring (bicyclic) bond motifs is 2. The highest BCUT2D eigenvalue weighted by molar-refractivity contribution is 6.00. The monoisotopic (exact) mass is 444 g/mol. The Balaban J connectivity index is 1.90. The Hall–Kier alpha value is -3.07. The van der Waals surface area contributed by atoms with Crippen molar-refractivity contribution in [2.45, 2.75) is 39.8 Å². The summed E-state index contributed by atoms with van der Waals surface area (Å²) < 4.78 is 12.6. The molecule has 32 heavy (non-hydrogen) atoms. The molecule has 2 aromatic rings. The van der Waals surface area contributed by atoms with Gasteiger partial charge in [-0.15, -0.1) is 0 Å². The molecule has 1 aliphatic heterocycles. The van der Waals surface area contributed by atoms with Crippen LogP contribution < -0.4 is 25.5 Å². The molecule has 0 saturated carbocycles. The molecular formula is C23H32N4O5. The highest BCUT2D eigenvalue weighted by atomic mass is 16.7. The van der Waals surface area contributed by atoms with Crippen LogP contribution in [0.25, 0.3) is 10.9 Å². The first-order valence-electron chi connectivity index (χ1n) is 10.9. The zero-order valence-electron chi connectivity index (χ0n) is 19.4. The van der Waals surface area contributed by atoms with Gasteiger partial charge in [0.25, 0.3) is 5.91 Å². The van der Waals surface area contributed by atoms with Gasteiger partial charge in [0.2, 0.25) is 18.1 Å². The number of ether oxygens (including phenoxy) is 2. The number of aromatic nitrogens is 1. The molecule has 1 aliphatic rings. The number of aryl methyl sites for hydroxylation is 1. The maximum atomic E-state index is 13.2. The second-order valence-corrected chi connectivity index (χ2v) is 8.63. The molecule has 0 fully saturated rings. The first-order valence-corrected chi connectivity index (χ1v) is 10.9. The van der Waals surface area contributed by atoms with Crippen LogP contribution in [-0.2, 0) is 11.3 Å². The Bertz CT molecular complexity index is 1060. The Morgan fingerprint density at radius 2 is 1.88 bits per heavy atom. The molecular weight excluding hydrogens is 412 g/mol. The summed E-state index contributed by atoms with van der Waals surface area (Å²) in [6, 6.07) is 2.64. The minimum Gasteiger partial charge on any atom is -0.454 e. The van der Waals surface area contributed by atoms with E-state index in [-0.39, 0.29) is 24.2 Å². The molecule has 2 amide bonds. The van der Waals surface area contributed by atoms with E-state index >= 15 is 0 Å². The van der Waals surface area contributed by atoms with E-state index in [0.717, 1.165) is 0 Å². The van der Waals surface area contributed by atoms with Gasteiger partial charge in [0.1, 0.15) is 11.6 Å². The van der Waals surface area contributed by atoms with Crippen molar-refractivity contribution in [2.24, 2.45) is 5.92 Å². The maximum Gasteiger partial charge on any atom is 0.257 e. The number of likely N-dealkylation sites (N-methyl/N-ethyl adjacent to an activating group) is 1. The summed E-state index contributed by atoms with van der Waals surface area (Å²) in [5.74, 6) is 0.415. The number of hydrogen-bond acceptors (Lipinski definition) is 6. The standard InChI is InChI=1S/C23H32N4O5/c1-6-27-12-16(21(28)15-10-19-20(11-18(15)27)32-13-31-19)22(29)25-17(9-14(2)3)23(30)24-7-8-26(4)5/h10-12,14,17H,6-9,13H2,1-5H3,(H,24,30)(H,25,29). The van der Waals surface area contributed by atoms with Crippen molar-refractivity contribution in [3.8, 4) is 11.5 Å². The SMILES string of the molecule is CCn1cc(C(=O)NC(CC(C)C)C(=O)NCCN(C)C)c(=O)c2cc3c(cc21)OCO3. The van der Waals surface area contributed by atoms with Crippen molar-refractivity contribution in [2.75, 3.05) is 34.0 Å². The van der Waals surface area contributed by atoms with Gasteiger partial charge < -0.3 is 29.6 Å². The molecule has 9 nitrogen and oxygen atoms in total. The molecule has 3 rings (SSSR count). The lowest BCUT2D eigenvalue weighted by Crippen LogP contribution is -2.49. The van der Waals surface area contributed by atoms with Gasteiger partial charge in [0.15, 0.2) is 11.5 Å². The average Bonchev–Trinajstić information content (AvgIpc) is 3.19. The Morgan fingerprint density at radius 3 is 2.50 bits per heavy atom. The fourth-order valence-electron chi connectivity index (χ4n) is 3.67. The third-order valence-corrected chi connectivity index (χ3v) is 5.35. The second-order valence-electron chi connectivity index (χ2n) is 8.63. The van der Waals surface area contributed by atoms with Crippen LogP contribution in [0.5, 0.6) is 11.5 Å². The zero-order valence-corrected chi connectivity index (χ0v) is 19.4. The largest absolute Gasteiger partial charge is 0.454 e. The molecule has 2 heterocycles. The Labute approximate surface area is 187 Å². The fraction of sp³-hybridized carbons (Fsp3) is 0.522. The van der Waals surface area contributed by atoms with Crippen LogP contribution in [0.15, 0.2) is 23.1 Å². The lowest BCUT2D eigenvalue weighted by Gasteiger charge is -2.21. The lowest BCUT2D eigenvalue weighted by atomic mass is 10.0. The van der Waals surface area contributed by atoms with Crippen LogP contribution in [-0.4, -0.2) is 61.3 Å². The minimum atomic E-state index is -0.730. The maximum absolute atomic E-state index is 13.2. The zero-order chi connectivity index (χ0) is 23.4. The number of benzene rings is 1. The van der Waals surface area contributed by atoms with E-state index in [1.165, 1.54) is 0 Å². The molecule has 0 spiro atoms. The highest BCUT2D eigenvalue weighted by Crippen LogP contribution is 2.35. The molecule has 0 bridgehead atoms. The Kier molecular flexibility index (Phi) is 7.40. The quantitative estimate of drug-likeness (QED) is 0.609. The van der Waals surface area contributed by atoms with E-state index in [4.69, 9.17) is 9.47 Å². The molecule has 2 N–H and O–H groups in total. The minimum absolute atomic E-state index is 0.00642. The molecule has 1 unspecified atom stereocenters. The smallest absolute Gasteiger partial charge is 0.257 e. The molecule has 0 radical (unpaired) electrons. The van der Waals surface area contributed by atoms with Gasteiger partial charge in [-0.05, 0) is 39.4 Å². The van der Waals surface area contributed by atoms with Crippen molar-refractivity contribution in [3.63, 3.8) is 0 Å². The molecule has 0 aliphatic carbocycles. The first kappa shape index (κ1) is 23.6. The molecule has 1 aromatic heterocycles. The van der Waals surface area contributed by atoms with Crippen molar-refractivity contribution in [1.29, 1.82) is 0 Å². The van der Waals surface area contributed by atoms with E-state index in [0.29, 0.717) is 48.5 Å². The average molecular weight is 445 g/mol. The number of amides is 2. The van der Waals surface area contributed by atoms with Crippen molar-refractivity contribution in [3.05, 3.63) is 34.1 Å². The van der Waals surface area contributed by atoms with Gasteiger partial charge in [0.05, 0.1) is 10.9 Å². The summed E-state index contributed by atoms with van der Waals surface area (Å²) >= 11 is 0. The third-order valence-electron chi connectivity index (χ3n) is 5.35. The summed E-state index contributed by atoms with van der Waals surface area (Å²) in [5, 5.41) is 6.01. The lowest BCUT2D eigenvalue weighted by molar-refractivity contribution is -0.123. The van der Waals surface area contributed by atoms with Gasteiger partial charge in [-0.1, -0.05) is 13.8 Å². The molecule has 9 heteroatoms. The molecule has 1 atom stereocenters. The second kappa shape index (κ2) is 10.0. The summed E-state index contributed by atoms with van der Waals surface area (Å²) in [7, 11) is 3.84. The first-order chi connectivity index (χ1) is 15.2. The van der Waals surface area contributed by atoms with Crippen LogP contribution >= 0.6 is 0 Å². The van der Waals surface area contributed by atoms with E-state index < -0.39 is 17.4 Å². The van der Waals surface area contributed by atoms with Crippen LogP contribution in [0.3, 0.4) is 0 Å². The number of hydrogen-bond donors (Lipinski definition) is 2. The van der Waals surface area contributed by atoms with E-state index in [2.05, 4.69) is 10.6 Å². The van der Waals surface area contributed by atoms with Crippen LogP contribution in [0.1, 0.15) is 37.6 Å². The molecule has 1 aromatic carbocycles. The van der Waals surface area contributed by atoms with E-state index in [9.17, 15) is 14.4 Å². The van der Waals surface area contributed by atoms with Gasteiger partial charge in [-0.3, -0.25) is 14.4 Å². The van der Waals surface area contributed by atoms with E-state index in [1.807, 2.05) is 44.3 Å². The van der Waals surface area contributed by atoms with Gasteiger partial charge in [0, 0.05) is 31.9 Å². The van der Waals surface area contributed by atoms with E-state index in [1.54, 1.807) is 18.3 Å². The number of carbonyl (C=O) groups is 2. The summed E-state index contributed by atoms with van der Waals surface area (Å²) in [6.07, 6.45) is 2.01. The summed E-state index contributed by atoms with van der Waals surface area (Å²) in [6.45, 7) is 7.70. The summed E-state index contributed by atoms with van der Waals surface area (Å²) in [4.78, 5) is 41.0. The number of nitrogens with one attached hydrogen (secondary N) is 2. The van der Waals surface area contributed by atoms with Crippen molar-refractivity contribution < 1.29 is 19.1 Å². The predicted molar refractivity (Wildman–Crippen MR) is 122 cm³/mol. The number of nitrogens with zero attached hydrogens (tertiary/aromatic N) is 2. The normalized spacial score (nSPS) is 13.6. The topological polar surface area (TPSA) is 102 Å². The van der Waals surface area contributed by atoms with Crippen molar-refractivity contribution >= 4 is 22.7 Å². The summed E-state index contributed by atoms with van der Waals surface area (Å²) in [5.41, 5.74) is 0.253.